The SMILES string of the molecule is CNC1c2oc(Cl)cc2CCC1(C)C. The van der Waals surface area contributed by atoms with E-state index in [0.29, 0.717) is 5.22 Å². The molecule has 1 unspecified atom stereocenters. The Kier molecular flexibility index (Phi) is 2.36. The van der Waals surface area contributed by atoms with E-state index in [1.54, 1.807) is 0 Å². The molecule has 0 aliphatic heterocycles. The second-order valence-electron chi connectivity index (χ2n) is 4.65. The van der Waals surface area contributed by atoms with Gasteiger partial charge in [-0.25, -0.2) is 0 Å². The molecule has 0 aromatic carbocycles. The predicted octanol–water partition coefficient (Wildman–Crippen LogP) is 3.17. The first-order chi connectivity index (χ1) is 6.54. The molecule has 1 aromatic heterocycles. The first kappa shape index (κ1) is 10.1. The molecule has 1 atom stereocenters. The van der Waals surface area contributed by atoms with E-state index in [4.69, 9.17) is 16.0 Å². The predicted molar refractivity (Wildman–Crippen MR) is 57.6 cm³/mol. The van der Waals surface area contributed by atoms with Crippen molar-refractivity contribution in [2.45, 2.75) is 32.7 Å². The Balaban J connectivity index is 2.44. The molecule has 0 radical (unpaired) electrons. The fraction of sp³-hybridized carbons (Fsp3) is 0.636. The van der Waals surface area contributed by atoms with Gasteiger partial charge >= 0.3 is 0 Å². The molecule has 2 rings (SSSR count). The van der Waals surface area contributed by atoms with Crippen LogP contribution >= 0.6 is 11.6 Å². The Hall–Kier alpha value is -0.470. The van der Waals surface area contributed by atoms with Crippen molar-refractivity contribution in [3.8, 4) is 0 Å². The Bertz CT molecular complexity index is 343. The van der Waals surface area contributed by atoms with Crippen molar-refractivity contribution in [2.75, 3.05) is 7.05 Å². The quantitative estimate of drug-likeness (QED) is 0.775. The second kappa shape index (κ2) is 3.28. The van der Waals surface area contributed by atoms with Gasteiger partial charge in [-0.05, 0) is 48.5 Å². The van der Waals surface area contributed by atoms with Gasteiger partial charge in [0.15, 0.2) is 5.22 Å². The standard InChI is InChI=1S/C11H16ClNO/c1-11(2)5-4-7-6-8(12)14-9(7)10(11)13-3/h6,10,13H,4-5H2,1-3H3. The highest BCUT2D eigenvalue weighted by molar-refractivity contribution is 6.28. The molecular formula is C11H16ClNO. The molecule has 0 bridgehead atoms. The van der Waals surface area contributed by atoms with Crippen molar-refractivity contribution in [2.24, 2.45) is 5.41 Å². The average molecular weight is 214 g/mol. The maximum absolute atomic E-state index is 5.87. The Morgan fingerprint density at radius 2 is 2.29 bits per heavy atom. The van der Waals surface area contributed by atoms with Crippen LogP contribution in [0, 0.1) is 5.41 Å². The highest BCUT2D eigenvalue weighted by Crippen LogP contribution is 2.44. The van der Waals surface area contributed by atoms with Crippen molar-refractivity contribution >= 4 is 11.6 Å². The molecule has 0 amide bonds. The number of rotatable bonds is 1. The molecule has 3 heteroatoms. The van der Waals surface area contributed by atoms with E-state index in [2.05, 4.69) is 19.2 Å². The highest BCUT2D eigenvalue weighted by Gasteiger charge is 2.37. The minimum absolute atomic E-state index is 0.239. The summed E-state index contributed by atoms with van der Waals surface area (Å²) in [4.78, 5) is 0. The number of fused-ring (bicyclic) bond motifs is 1. The van der Waals surface area contributed by atoms with Crippen LogP contribution in [0.25, 0.3) is 0 Å². The van der Waals surface area contributed by atoms with E-state index < -0.39 is 0 Å². The maximum Gasteiger partial charge on any atom is 0.193 e. The van der Waals surface area contributed by atoms with Gasteiger partial charge < -0.3 is 9.73 Å². The third-order valence-electron chi connectivity index (χ3n) is 3.18. The second-order valence-corrected chi connectivity index (χ2v) is 5.02. The van der Waals surface area contributed by atoms with Gasteiger partial charge in [0.05, 0.1) is 6.04 Å². The van der Waals surface area contributed by atoms with Gasteiger partial charge in [-0.15, -0.1) is 0 Å². The summed E-state index contributed by atoms with van der Waals surface area (Å²) in [5, 5.41) is 3.82. The van der Waals surface area contributed by atoms with Crippen LogP contribution in [-0.4, -0.2) is 7.05 Å². The minimum atomic E-state index is 0.239. The molecule has 1 aromatic rings. The number of halogens is 1. The topological polar surface area (TPSA) is 25.2 Å². The molecule has 0 saturated heterocycles. The zero-order valence-corrected chi connectivity index (χ0v) is 9.61. The number of aryl methyl sites for hydroxylation is 1. The highest BCUT2D eigenvalue weighted by atomic mass is 35.5. The monoisotopic (exact) mass is 213 g/mol. The van der Waals surface area contributed by atoms with Crippen molar-refractivity contribution in [1.29, 1.82) is 0 Å². The van der Waals surface area contributed by atoms with E-state index in [1.807, 2.05) is 13.1 Å². The molecule has 0 spiro atoms. The van der Waals surface area contributed by atoms with Crippen LogP contribution in [-0.2, 0) is 6.42 Å². The number of hydrogen-bond acceptors (Lipinski definition) is 2. The normalized spacial score (nSPS) is 24.7. The zero-order chi connectivity index (χ0) is 10.3. The lowest BCUT2D eigenvalue weighted by Crippen LogP contribution is -2.35. The van der Waals surface area contributed by atoms with E-state index in [1.165, 1.54) is 12.0 Å². The first-order valence-electron chi connectivity index (χ1n) is 5.00. The first-order valence-corrected chi connectivity index (χ1v) is 5.38. The lowest BCUT2D eigenvalue weighted by Gasteiger charge is -2.37. The minimum Gasteiger partial charge on any atom is -0.448 e. The Labute approximate surface area is 89.6 Å². The number of nitrogens with one attached hydrogen (secondary N) is 1. The van der Waals surface area contributed by atoms with E-state index >= 15 is 0 Å². The molecule has 2 nitrogen and oxygen atoms in total. The van der Waals surface area contributed by atoms with E-state index in [0.717, 1.165) is 12.2 Å². The van der Waals surface area contributed by atoms with Crippen LogP contribution in [0.2, 0.25) is 5.22 Å². The molecule has 1 aliphatic carbocycles. The van der Waals surface area contributed by atoms with Gasteiger partial charge in [0.2, 0.25) is 0 Å². The molecule has 1 aliphatic rings. The van der Waals surface area contributed by atoms with Crippen molar-refractivity contribution in [3.05, 3.63) is 22.6 Å². The van der Waals surface area contributed by atoms with Crippen molar-refractivity contribution in [1.82, 2.24) is 5.32 Å². The van der Waals surface area contributed by atoms with Gasteiger partial charge in [0, 0.05) is 0 Å². The lowest BCUT2D eigenvalue weighted by atomic mass is 9.73. The fourth-order valence-electron chi connectivity index (χ4n) is 2.33. The van der Waals surface area contributed by atoms with Crippen molar-refractivity contribution < 1.29 is 4.42 Å². The molecule has 14 heavy (non-hydrogen) atoms. The fourth-order valence-corrected chi connectivity index (χ4v) is 2.54. The molecule has 0 saturated carbocycles. The Morgan fingerprint density at radius 3 is 2.93 bits per heavy atom. The molecule has 1 N–H and O–H groups in total. The Morgan fingerprint density at radius 1 is 1.57 bits per heavy atom. The van der Waals surface area contributed by atoms with Crippen LogP contribution < -0.4 is 5.32 Å². The summed E-state index contributed by atoms with van der Waals surface area (Å²) in [6.45, 7) is 4.51. The molecule has 78 valence electrons. The summed E-state index contributed by atoms with van der Waals surface area (Å²) in [5.41, 5.74) is 1.50. The summed E-state index contributed by atoms with van der Waals surface area (Å²) in [6, 6.07) is 2.22. The third kappa shape index (κ3) is 1.47. The van der Waals surface area contributed by atoms with Crippen LogP contribution in [0.1, 0.15) is 37.6 Å². The average Bonchev–Trinajstić information content (AvgIpc) is 2.44. The largest absolute Gasteiger partial charge is 0.448 e. The number of hydrogen-bond donors (Lipinski definition) is 1. The van der Waals surface area contributed by atoms with Crippen molar-refractivity contribution in [3.63, 3.8) is 0 Å². The van der Waals surface area contributed by atoms with Crippen LogP contribution in [0.15, 0.2) is 10.5 Å². The molecule has 0 fully saturated rings. The van der Waals surface area contributed by atoms with Crippen LogP contribution in [0.5, 0.6) is 0 Å². The van der Waals surface area contributed by atoms with Gasteiger partial charge in [-0.2, -0.15) is 0 Å². The molecule has 1 heterocycles. The van der Waals surface area contributed by atoms with E-state index in [-0.39, 0.29) is 11.5 Å². The zero-order valence-electron chi connectivity index (χ0n) is 8.86. The summed E-state index contributed by atoms with van der Waals surface area (Å²) in [6.07, 6.45) is 2.23. The van der Waals surface area contributed by atoms with Crippen LogP contribution in [0.4, 0.5) is 0 Å². The summed E-state index contributed by atoms with van der Waals surface area (Å²) in [5.74, 6) is 1.02. The summed E-state index contributed by atoms with van der Waals surface area (Å²) in [7, 11) is 1.97. The molecular weight excluding hydrogens is 198 g/mol. The van der Waals surface area contributed by atoms with Crippen LogP contribution in [0.3, 0.4) is 0 Å². The third-order valence-corrected chi connectivity index (χ3v) is 3.37. The summed E-state index contributed by atoms with van der Waals surface area (Å²) >= 11 is 5.87. The van der Waals surface area contributed by atoms with Gasteiger partial charge in [0.1, 0.15) is 5.76 Å². The van der Waals surface area contributed by atoms with Gasteiger partial charge in [-0.1, -0.05) is 13.8 Å². The van der Waals surface area contributed by atoms with Gasteiger partial charge in [0.25, 0.3) is 0 Å². The lowest BCUT2D eigenvalue weighted by molar-refractivity contribution is 0.190. The maximum atomic E-state index is 5.87. The number of furan rings is 1. The van der Waals surface area contributed by atoms with Gasteiger partial charge in [-0.3, -0.25) is 0 Å². The smallest absolute Gasteiger partial charge is 0.193 e. The summed E-state index contributed by atoms with van der Waals surface area (Å²) < 4.78 is 5.55. The van der Waals surface area contributed by atoms with E-state index in [9.17, 15) is 0 Å².